The number of carbonyl (C=O) groups is 1. The number of benzene rings is 2. The molecule has 2 fully saturated rings. The van der Waals surface area contributed by atoms with E-state index in [-0.39, 0.29) is 6.04 Å². The summed E-state index contributed by atoms with van der Waals surface area (Å²) in [6.07, 6.45) is 3.13. The zero-order valence-electron chi connectivity index (χ0n) is 18.7. The number of rotatable bonds is 6. The third-order valence-corrected chi connectivity index (χ3v) is 7.51. The first kappa shape index (κ1) is 24.3. The monoisotopic (exact) mass is 509 g/mol. The fraction of sp³-hybridized carbons (Fsp3) is 0.458. The first-order chi connectivity index (χ1) is 15.9. The highest BCUT2D eigenvalue weighted by atomic mass is 35.5. The topological polar surface area (TPSA) is 64.8 Å². The van der Waals surface area contributed by atoms with Gasteiger partial charge in [-0.05, 0) is 62.6 Å². The summed E-state index contributed by atoms with van der Waals surface area (Å²) in [5, 5.41) is 4.74. The Kier molecular flexibility index (Phi) is 7.80. The number of hydrogen-bond donors (Lipinski definition) is 2. The lowest BCUT2D eigenvalue weighted by Crippen LogP contribution is -2.46. The van der Waals surface area contributed by atoms with Crippen LogP contribution in [0.15, 0.2) is 36.4 Å². The molecule has 3 N–H and O–H groups in total. The molecule has 178 valence electrons. The smallest absolute Gasteiger partial charge is 0.312 e. The summed E-state index contributed by atoms with van der Waals surface area (Å²) in [6, 6.07) is 12.0. The van der Waals surface area contributed by atoms with Crippen molar-refractivity contribution in [3.8, 4) is 0 Å². The molecule has 0 spiro atoms. The maximum Gasteiger partial charge on any atom is 0.312 e. The molecular weight excluding hydrogens is 481 g/mol. The Morgan fingerprint density at radius 1 is 1.03 bits per heavy atom. The van der Waals surface area contributed by atoms with Gasteiger partial charge in [0.2, 0.25) is 0 Å². The van der Waals surface area contributed by atoms with Gasteiger partial charge in [0.15, 0.2) is 0 Å². The fourth-order valence-corrected chi connectivity index (χ4v) is 5.73. The lowest BCUT2D eigenvalue weighted by Gasteiger charge is -2.38. The minimum Gasteiger partial charge on any atom is -0.371 e. The molecule has 0 bridgehead atoms. The fourth-order valence-electron chi connectivity index (χ4n) is 5.00. The summed E-state index contributed by atoms with van der Waals surface area (Å²) in [7, 11) is 0. The first-order valence-corrected chi connectivity index (χ1v) is 12.6. The summed E-state index contributed by atoms with van der Waals surface area (Å²) in [4.78, 5) is 18.2. The molecule has 2 aromatic carbocycles. The van der Waals surface area contributed by atoms with E-state index in [2.05, 4.69) is 39.1 Å². The second-order valence-corrected chi connectivity index (χ2v) is 9.93. The predicted molar refractivity (Wildman–Crippen MR) is 139 cm³/mol. The number of piperidine rings is 1. The molecule has 1 atom stereocenters. The molecule has 2 saturated heterocycles. The van der Waals surface area contributed by atoms with Gasteiger partial charge in [-0.1, -0.05) is 34.8 Å². The van der Waals surface area contributed by atoms with Crippen LogP contribution in [0.5, 0.6) is 0 Å². The summed E-state index contributed by atoms with van der Waals surface area (Å²) in [5.74, 6) is 0. The number of nitrogens with one attached hydrogen (secondary N) is 1. The van der Waals surface area contributed by atoms with E-state index in [0.717, 1.165) is 69.0 Å². The molecule has 4 rings (SSSR count). The standard InChI is InChI=1S/C24H30Cl3N5O/c1-2-32(22-6-3-16(25)13-21(22)27)23-14-19(4-5-20(23)26)30-11-8-18(9-12-30)31-10-7-17(15-31)29-24(28)33/h3-6,13-14,17-18H,2,7-12,15H2,1H3,(H3,28,29,33). The van der Waals surface area contributed by atoms with Crippen LogP contribution in [0.1, 0.15) is 26.2 Å². The van der Waals surface area contributed by atoms with Crippen LogP contribution >= 0.6 is 34.8 Å². The van der Waals surface area contributed by atoms with Gasteiger partial charge in [-0.2, -0.15) is 0 Å². The zero-order chi connectivity index (χ0) is 23.5. The average Bonchev–Trinajstić information content (AvgIpc) is 3.24. The number of nitrogens with two attached hydrogens (primary N) is 1. The highest BCUT2D eigenvalue weighted by Gasteiger charge is 2.31. The van der Waals surface area contributed by atoms with E-state index in [9.17, 15) is 4.79 Å². The number of nitrogens with zero attached hydrogens (tertiary/aromatic N) is 3. The quantitative estimate of drug-likeness (QED) is 0.537. The molecule has 0 radical (unpaired) electrons. The predicted octanol–water partition coefficient (Wildman–Crippen LogP) is 5.52. The largest absolute Gasteiger partial charge is 0.371 e. The molecule has 2 aliphatic rings. The van der Waals surface area contributed by atoms with E-state index in [4.69, 9.17) is 40.5 Å². The van der Waals surface area contributed by atoms with Crippen molar-refractivity contribution in [2.24, 2.45) is 5.73 Å². The Balaban J connectivity index is 1.45. The second-order valence-electron chi connectivity index (χ2n) is 8.68. The Morgan fingerprint density at radius 2 is 1.79 bits per heavy atom. The summed E-state index contributed by atoms with van der Waals surface area (Å²) >= 11 is 19.2. The van der Waals surface area contributed by atoms with Crippen LogP contribution in [0.25, 0.3) is 0 Å². The Hall–Kier alpha value is -1.86. The molecule has 33 heavy (non-hydrogen) atoms. The molecule has 0 aromatic heterocycles. The second kappa shape index (κ2) is 10.6. The minimum absolute atomic E-state index is 0.166. The van der Waals surface area contributed by atoms with E-state index >= 15 is 0 Å². The molecule has 2 amide bonds. The first-order valence-electron chi connectivity index (χ1n) is 11.4. The van der Waals surface area contributed by atoms with Crippen LogP contribution in [-0.2, 0) is 0 Å². The van der Waals surface area contributed by atoms with E-state index < -0.39 is 6.03 Å². The summed E-state index contributed by atoms with van der Waals surface area (Å²) in [5.41, 5.74) is 8.26. The van der Waals surface area contributed by atoms with E-state index in [1.807, 2.05) is 18.2 Å². The third-order valence-electron chi connectivity index (χ3n) is 6.65. The molecule has 0 aliphatic carbocycles. The molecule has 0 saturated carbocycles. The highest BCUT2D eigenvalue weighted by molar-refractivity contribution is 6.37. The van der Waals surface area contributed by atoms with Gasteiger partial charge < -0.3 is 20.9 Å². The lowest BCUT2D eigenvalue weighted by atomic mass is 10.0. The van der Waals surface area contributed by atoms with Crippen molar-refractivity contribution in [2.45, 2.75) is 38.3 Å². The van der Waals surface area contributed by atoms with Crippen molar-refractivity contribution >= 4 is 57.9 Å². The van der Waals surface area contributed by atoms with Crippen LogP contribution < -0.4 is 20.9 Å². The number of urea groups is 1. The zero-order valence-corrected chi connectivity index (χ0v) is 21.0. The maximum absolute atomic E-state index is 11.1. The van der Waals surface area contributed by atoms with Crippen molar-refractivity contribution in [2.75, 3.05) is 42.5 Å². The number of carbonyl (C=O) groups excluding carboxylic acids is 1. The van der Waals surface area contributed by atoms with Crippen molar-refractivity contribution < 1.29 is 4.79 Å². The van der Waals surface area contributed by atoms with Crippen molar-refractivity contribution in [3.05, 3.63) is 51.5 Å². The minimum atomic E-state index is -0.434. The Bertz CT molecular complexity index is 996. The van der Waals surface area contributed by atoms with Gasteiger partial charge in [0.05, 0.1) is 21.4 Å². The molecule has 6 nitrogen and oxygen atoms in total. The van der Waals surface area contributed by atoms with Crippen molar-refractivity contribution in [1.82, 2.24) is 10.2 Å². The lowest BCUT2D eigenvalue weighted by molar-refractivity contribution is 0.202. The third kappa shape index (κ3) is 5.62. The highest BCUT2D eigenvalue weighted by Crippen LogP contribution is 2.39. The number of likely N-dealkylation sites (tertiary alicyclic amines) is 1. The number of primary amides is 1. The number of anilines is 3. The van der Waals surface area contributed by atoms with Crippen LogP contribution in [0.2, 0.25) is 15.1 Å². The average molecular weight is 511 g/mol. The van der Waals surface area contributed by atoms with Gasteiger partial charge in [0.25, 0.3) is 0 Å². The summed E-state index contributed by atoms with van der Waals surface area (Å²) < 4.78 is 0. The SMILES string of the molecule is CCN(c1ccc(Cl)cc1Cl)c1cc(N2CCC(N3CCC(NC(N)=O)C3)CC2)ccc1Cl. The normalized spacial score (nSPS) is 19.6. The number of hydrogen-bond acceptors (Lipinski definition) is 4. The van der Waals surface area contributed by atoms with Gasteiger partial charge in [-0.15, -0.1) is 0 Å². The van der Waals surface area contributed by atoms with Crippen LogP contribution in [0.4, 0.5) is 21.9 Å². The van der Waals surface area contributed by atoms with Gasteiger partial charge in [-0.3, -0.25) is 4.90 Å². The van der Waals surface area contributed by atoms with Crippen LogP contribution in [0, 0.1) is 0 Å². The summed E-state index contributed by atoms with van der Waals surface area (Å²) in [6.45, 7) is 6.64. The van der Waals surface area contributed by atoms with E-state index in [1.54, 1.807) is 6.07 Å². The molecule has 2 aliphatic heterocycles. The van der Waals surface area contributed by atoms with Crippen LogP contribution in [0.3, 0.4) is 0 Å². The number of halogens is 3. The van der Waals surface area contributed by atoms with E-state index in [0.29, 0.717) is 21.1 Å². The van der Waals surface area contributed by atoms with E-state index in [1.165, 1.54) is 0 Å². The Morgan fingerprint density at radius 3 is 2.45 bits per heavy atom. The molecule has 1 unspecified atom stereocenters. The molecular formula is C24H30Cl3N5O. The molecule has 9 heteroatoms. The molecule has 2 heterocycles. The van der Waals surface area contributed by atoms with Gasteiger partial charge >= 0.3 is 6.03 Å². The van der Waals surface area contributed by atoms with Gasteiger partial charge in [0, 0.05) is 55.5 Å². The molecule has 2 aromatic rings. The number of amides is 2. The Labute approximate surface area is 210 Å². The maximum atomic E-state index is 11.1. The van der Waals surface area contributed by atoms with Crippen molar-refractivity contribution in [3.63, 3.8) is 0 Å². The van der Waals surface area contributed by atoms with Crippen LogP contribution in [-0.4, -0.2) is 55.7 Å². The van der Waals surface area contributed by atoms with Gasteiger partial charge in [-0.25, -0.2) is 4.79 Å². The van der Waals surface area contributed by atoms with Gasteiger partial charge in [0.1, 0.15) is 0 Å². The van der Waals surface area contributed by atoms with Crippen molar-refractivity contribution in [1.29, 1.82) is 0 Å².